The number of benzene rings is 1. The molecule has 0 atom stereocenters. The van der Waals surface area contributed by atoms with Gasteiger partial charge >= 0.3 is 5.69 Å². The van der Waals surface area contributed by atoms with Crippen molar-refractivity contribution < 1.29 is 0 Å². The molecule has 0 aliphatic rings. The summed E-state index contributed by atoms with van der Waals surface area (Å²) in [5.74, 6) is 0.480. The van der Waals surface area contributed by atoms with Crippen molar-refractivity contribution >= 4 is 11.0 Å². The summed E-state index contributed by atoms with van der Waals surface area (Å²) in [4.78, 5) is 11.9. The first-order chi connectivity index (χ1) is 7.11. The van der Waals surface area contributed by atoms with Crippen LogP contribution in [0.1, 0.15) is 13.8 Å². The first kappa shape index (κ1) is 10.0. The highest BCUT2D eigenvalue weighted by molar-refractivity contribution is 5.75. The minimum atomic E-state index is 0.0740. The molecule has 0 saturated heterocycles. The maximum atomic E-state index is 11.9. The first-order valence-corrected chi connectivity index (χ1v) is 5.25. The Kier molecular flexibility index (Phi) is 2.39. The van der Waals surface area contributed by atoms with Crippen LogP contribution in [-0.4, -0.2) is 9.13 Å². The number of imidazole rings is 1. The van der Waals surface area contributed by atoms with Crippen LogP contribution in [0.25, 0.3) is 11.0 Å². The molecule has 0 fully saturated rings. The quantitative estimate of drug-likeness (QED) is 0.735. The molecule has 0 bridgehead atoms. The number of rotatable bonds is 2. The van der Waals surface area contributed by atoms with Gasteiger partial charge in [0, 0.05) is 13.6 Å². The normalized spacial score (nSPS) is 11.5. The van der Waals surface area contributed by atoms with Gasteiger partial charge in [0.2, 0.25) is 0 Å². The maximum Gasteiger partial charge on any atom is 0.328 e. The van der Waals surface area contributed by atoms with Gasteiger partial charge in [0.15, 0.2) is 0 Å². The van der Waals surface area contributed by atoms with E-state index in [2.05, 4.69) is 13.8 Å². The van der Waals surface area contributed by atoms with Crippen molar-refractivity contribution in [2.75, 3.05) is 0 Å². The zero-order valence-corrected chi connectivity index (χ0v) is 9.40. The van der Waals surface area contributed by atoms with Gasteiger partial charge in [0.1, 0.15) is 0 Å². The van der Waals surface area contributed by atoms with Crippen LogP contribution in [0.15, 0.2) is 29.1 Å². The third kappa shape index (κ3) is 1.58. The Balaban J connectivity index is 2.72. The Morgan fingerprint density at radius 3 is 2.40 bits per heavy atom. The van der Waals surface area contributed by atoms with E-state index in [9.17, 15) is 4.79 Å². The van der Waals surface area contributed by atoms with Gasteiger partial charge in [-0.2, -0.15) is 0 Å². The molecule has 0 aliphatic carbocycles. The number of hydrogen-bond acceptors (Lipinski definition) is 1. The molecule has 0 saturated carbocycles. The largest absolute Gasteiger partial charge is 0.328 e. The van der Waals surface area contributed by atoms with Crippen LogP contribution in [0.5, 0.6) is 0 Å². The molecule has 0 spiro atoms. The van der Waals surface area contributed by atoms with Crippen molar-refractivity contribution in [1.82, 2.24) is 9.13 Å². The fourth-order valence-corrected chi connectivity index (χ4v) is 1.90. The highest BCUT2D eigenvalue weighted by Gasteiger charge is 2.10. The zero-order chi connectivity index (χ0) is 11.0. The van der Waals surface area contributed by atoms with E-state index in [1.807, 2.05) is 35.9 Å². The molecule has 15 heavy (non-hydrogen) atoms. The molecule has 2 rings (SSSR count). The van der Waals surface area contributed by atoms with E-state index in [1.54, 1.807) is 4.57 Å². The molecule has 1 heterocycles. The zero-order valence-electron chi connectivity index (χ0n) is 9.40. The Morgan fingerprint density at radius 1 is 1.20 bits per heavy atom. The average Bonchev–Trinajstić information content (AvgIpc) is 2.44. The molecule has 0 radical (unpaired) electrons. The molecule has 3 heteroatoms. The maximum absolute atomic E-state index is 11.9. The Labute approximate surface area is 88.9 Å². The second-order valence-corrected chi connectivity index (χ2v) is 4.33. The fraction of sp³-hybridized carbons (Fsp3) is 0.417. The second kappa shape index (κ2) is 3.57. The highest BCUT2D eigenvalue weighted by atomic mass is 16.1. The lowest BCUT2D eigenvalue weighted by Crippen LogP contribution is -2.24. The molecule has 1 aromatic heterocycles. The molecular formula is C12H16N2O. The monoisotopic (exact) mass is 204 g/mol. The molecule has 0 aliphatic heterocycles. The Bertz CT molecular complexity index is 534. The topological polar surface area (TPSA) is 26.9 Å². The van der Waals surface area contributed by atoms with E-state index in [1.165, 1.54) is 0 Å². The molecule has 1 aromatic carbocycles. The average molecular weight is 204 g/mol. The lowest BCUT2D eigenvalue weighted by molar-refractivity contribution is 0.516. The van der Waals surface area contributed by atoms with Crippen molar-refractivity contribution in [2.24, 2.45) is 13.0 Å². The van der Waals surface area contributed by atoms with Crippen LogP contribution in [0, 0.1) is 5.92 Å². The van der Waals surface area contributed by atoms with Crippen LogP contribution in [0.2, 0.25) is 0 Å². The summed E-state index contributed by atoms with van der Waals surface area (Å²) in [7, 11) is 1.82. The Morgan fingerprint density at radius 2 is 1.80 bits per heavy atom. The van der Waals surface area contributed by atoms with Gasteiger partial charge in [0.25, 0.3) is 0 Å². The summed E-state index contributed by atoms with van der Waals surface area (Å²) in [5.41, 5.74) is 2.10. The summed E-state index contributed by atoms with van der Waals surface area (Å²) < 4.78 is 3.55. The lowest BCUT2D eigenvalue weighted by atomic mass is 10.2. The van der Waals surface area contributed by atoms with Gasteiger partial charge in [0.05, 0.1) is 11.0 Å². The number of aromatic nitrogens is 2. The van der Waals surface area contributed by atoms with Crippen LogP contribution < -0.4 is 5.69 Å². The SMILES string of the molecule is CC(C)Cn1c(=O)n(C)c2ccccc21. The predicted octanol–water partition coefficient (Wildman–Crippen LogP) is 2.00. The summed E-state index contributed by atoms with van der Waals surface area (Å²) >= 11 is 0. The van der Waals surface area contributed by atoms with E-state index >= 15 is 0 Å². The molecule has 80 valence electrons. The van der Waals surface area contributed by atoms with Crippen LogP contribution in [0.3, 0.4) is 0 Å². The Hall–Kier alpha value is -1.51. The van der Waals surface area contributed by atoms with E-state index in [0.29, 0.717) is 5.92 Å². The van der Waals surface area contributed by atoms with Gasteiger partial charge in [-0.05, 0) is 18.1 Å². The van der Waals surface area contributed by atoms with E-state index in [-0.39, 0.29) is 5.69 Å². The second-order valence-electron chi connectivity index (χ2n) is 4.33. The molecule has 2 aromatic rings. The minimum absolute atomic E-state index is 0.0740. The molecule has 0 N–H and O–H groups in total. The van der Waals surface area contributed by atoms with Crippen molar-refractivity contribution in [1.29, 1.82) is 0 Å². The third-order valence-electron chi connectivity index (χ3n) is 2.60. The lowest BCUT2D eigenvalue weighted by Gasteiger charge is -2.05. The number of hydrogen-bond donors (Lipinski definition) is 0. The summed E-state index contributed by atoms with van der Waals surface area (Å²) in [6.07, 6.45) is 0. The smallest absolute Gasteiger partial charge is 0.295 e. The van der Waals surface area contributed by atoms with Crippen molar-refractivity contribution in [3.63, 3.8) is 0 Å². The van der Waals surface area contributed by atoms with Crippen LogP contribution in [0.4, 0.5) is 0 Å². The summed E-state index contributed by atoms with van der Waals surface area (Å²) in [6, 6.07) is 7.91. The number of nitrogens with zero attached hydrogens (tertiary/aromatic N) is 2. The number of aryl methyl sites for hydroxylation is 1. The van der Waals surface area contributed by atoms with Gasteiger partial charge in [-0.3, -0.25) is 9.13 Å². The van der Waals surface area contributed by atoms with E-state index < -0.39 is 0 Å². The molecule has 3 nitrogen and oxygen atoms in total. The molecule has 0 amide bonds. The van der Waals surface area contributed by atoms with Gasteiger partial charge < -0.3 is 0 Å². The van der Waals surface area contributed by atoms with Crippen molar-refractivity contribution in [3.8, 4) is 0 Å². The molecular weight excluding hydrogens is 188 g/mol. The van der Waals surface area contributed by atoms with E-state index in [4.69, 9.17) is 0 Å². The first-order valence-electron chi connectivity index (χ1n) is 5.25. The van der Waals surface area contributed by atoms with Gasteiger partial charge in [-0.15, -0.1) is 0 Å². The fourth-order valence-electron chi connectivity index (χ4n) is 1.90. The van der Waals surface area contributed by atoms with Crippen LogP contribution >= 0.6 is 0 Å². The number of fused-ring (bicyclic) bond motifs is 1. The molecule has 0 unspecified atom stereocenters. The van der Waals surface area contributed by atoms with Crippen LogP contribution in [-0.2, 0) is 13.6 Å². The minimum Gasteiger partial charge on any atom is -0.295 e. The standard InChI is InChI=1S/C12H16N2O/c1-9(2)8-14-11-7-5-4-6-10(11)13(3)12(14)15/h4-7,9H,8H2,1-3H3. The van der Waals surface area contributed by atoms with Crippen molar-refractivity contribution in [3.05, 3.63) is 34.7 Å². The summed E-state index contributed by atoms with van der Waals surface area (Å²) in [6.45, 7) is 5.02. The highest BCUT2D eigenvalue weighted by Crippen LogP contribution is 2.12. The van der Waals surface area contributed by atoms with E-state index in [0.717, 1.165) is 17.6 Å². The number of para-hydroxylation sites is 2. The van der Waals surface area contributed by atoms with Gasteiger partial charge in [-0.1, -0.05) is 26.0 Å². The van der Waals surface area contributed by atoms with Crippen molar-refractivity contribution in [2.45, 2.75) is 20.4 Å². The third-order valence-corrected chi connectivity index (χ3v) is 2.60. The summed E-state index contributed by atoms with van der Waals surface area (Å²) in [5, 5.41) is 0. The van der Waals surface area contributed by atoms with Gasteiger partial charge in [-0.25, -0.2) is 4.79 Å². The predicted molar refractivity (Wildman–Crippen MR) is 62.0 cm³/mol.